The number of hydrogen-bond acceptors (Lipinski definition) is 3. The number of pyridine rings is 1. The number of aromatic nitrogens is 1. The van der Waals surface area contributed by atoms with Crippen LogP contribution in [0.15, 0.2) is 12.1 Å². The van der Waals surface area contributed by atoms with Crippen LogP contribution < -0.4 is 5.32 Å². The van der Waals surface area contributed by atoms with Crippen molar-refractivity contribution in [3.8, 4) is 0 Å². The van der Waals surface area contributed by atoms with Crippen LogP contribution in [0.1, 0.15) is 56.6 Å². The summed E-state index contributed by atoms with van der Waals surface area (Å²) in [5, 5.41) is 3.25. The van der Waals surface area contributed by atoms with E-state index in [1.807, 2.05) is 24.0 Å². The number of nitrogens with zero attached hydrogens (tertiary/aromatic N) is 2. The van der Waals surface area contributed by atoms with E-state index < -0.39 is 0 Å². The van der Waals surface area contributed by atoms with Crippen LogP contribution in [0, 0.1) is 6.92 Å². The fourth-order valence-electron chi connectivity index (χ4n) is 2.14. The van der Waals surface area contributed by atoms with Gasteiger partial charge in [0.05, 0.1) is 0 Å². The monoisotopic (exact) mass is 277 g/mol. The Bertz CT molecular complexity index is 443. The summed E-state index contributed by atoms with van der Waals surface area (Å²) in [5.74, 6) is 0.877. The minimum absolute atomic E-state index is 0.0897. The van der Waals surface area contributed by atoms with E-state index >= 15 is 0 Å². The lowest BCUT2D eigenvalue weighted by atomic mass is 10.1. The van der Waals surface area contributed by atoms with E-state index in [0.29, 0.717) is 0 Å². The highest BCUT2D eigenvalue weighted by Gasteiger charge is 2.18. The van der Waals surface area contributed by atoms with Gasteiger partial charge in [0.1, 0.15) is 5.82 Å². The summed E-state index contributed by atoms with van der Waals surface area (Å²) >= 11 is 0. The van der Waals surface area contributed by atoms with E-state index in [4.69, 9.17) is 0 Å². The predicted octanol–water partition coefficient (Wildman–Crippen LogP) is 3.47. The molecule has 112 valence electrons. The van der Waals surface area contributed by atoms with Gasteiger partial charge in [0, 0.05) is 30.4 Å². The highest BCUT2D eigenvalue weighted by atomic mass is 16.2. The quantitative estimate of drug-likeness (QED) is 0.830. The number of nitrogens with one attached hydrogen (secondary N) is 1. The van der Waals surface area contributed by atoms with Crippen LogP contribution in [0.5, 0.6) is 0 Å². The van der Waals surface area contributed by atoms with Gasteiger partial charge in [0.2, 0.25) is 0 Å². The van der Waals surface area contributed by atoms with Crippen LogP contribution in [0.4, 0.5) is 5.82 Å². The maximum atomic E-state index is 12.6. The van der Waals surface area contributed by atoms with Gasteiger partial charge in [-0.05, 0) is 45.7 Å². The molecule has 1 heterocycles. The van der Waals surface area contributed by atoms with Crippen molar-refractivity contribution in [3.63, 3.8) is 0 Å². The number of hydrogen-bond donors (Lipinski definition) is 1. The topological polar surface area (TPSA) is 45.2 Å². The molecule has 0 aliphatic carbocycles. The SMILES string of the molecule is CCCNc1cc(C(=O)N(CCC)C(C)C)cc(C)n1. The Morgan fingerprint density at radius 1 is 1.30 bits per heavy atom. The first-order chi connectivity index (χ1) is 9.49. The van der Waals surface area contributed by atoms with E-state index in [1.165, 1.54) is 0 Å². The summed E-state index contributed by atoms with van der Waals surface area (Å²) in [6, 6.07) is 3.93. The van der Waals surface area contributed by atoms with Gasteiger partial charge in [-0.25, -0.2) is 4.98 Å². The molecule has 0 saturated heterocycles. The van der Waals surface area contributed by atoms with Crippen molar-refractivity contribution in [3.05, 3.63) is 23.4 Å². The molecule has 0 bridgehead atoms. The molecule has 20 heavy (non-hydrogen) atoms. The number of amides is 1. The van der Waals surface area contributed by atoms with Crippen LogP contribution in [0.25, 0.3) is 0 Å². The van der Waals surface area contributed by atoms with E-state index in [0.717, 1.165) is 43.0 Å². The first-order valence-electron chi connectivity index (χ1n) is 7.53. The molecule has 0 radical (unpaired) electrons. The molecule has 0 fully saturated rings. The largest absolute Gasteiger partial charge is 0.370 e. The van der Waals surface area contributed by atoms with E-state index in [1.54, 1.807) is 0 Å². The highest BCUT2D eigenvalue weighted by Crippen LogP contribution is 2.14. The molecule has 0 spiro atoms. The Labute approximate surface area is 122 Å². The second kappa shape index (κ2) is 7.88. The van der Waals surface area contributed by atoms with Crippen molar-refractivity contribution in [2.45, 2.75) is 53.5 Å². The summed E-state index contributed by atoms with van der Waals surface area (Å²) in [5.41, 5.74) is 1.59. The summed E-state index contributed by atoms with van der Waals surface area (Å²) in [6.07, 6.45) is 2.00. The fraction of sp³-hybridized carbons (Fsp3) is 0.625. The first-order valence-corrected chi connectivity index (χ1v) is 7.53. The van der Waals surface area contributed by atoms with E-state index in [2.05, 4.69) is 38.0 Å². The Kier molecular flexibility index (Phi) is 6.49. The van der Waals surface area contributed by atoms with Gasteiger partial charge in [0.25, 0.3) is 5.91 Å². The van der Waals surface area contributed by atoms with Crippen molar-refractivity contribution < 1.29 is 4.79 Å². The number of carbonyl (C=O) groups is 1. The highest BCUT2D eigenvalue weighted by molar-refractivity contribution is 5.95. The van der Waals surface area contributed by atoms with Crippen molar-refractivity contribution in [2.75, 3.05) is 18.4 Å². The standard InChI is InChI=1S/C16H27N3O/c1-6-8-17-15-11-14(10-13(5)18-15)16(20)19(9-7-2)12(3)4/h10-12H,6-9H2,1-5H3,(H,17,18). The van der Waals surface area contributed by atoms with E-state index in [9.17, 15) is 4.79 Å². The molecule has 0 aliphatic rings. The van der Waals surface area contributed by atoms with Gasteiger partial charge in [-0.3, -0.25) is 4.79 Å². The second-order valence-corrected chi connectivity index (χ2v) is 5.40. The average Bonchev–Trinajstić information content (AvgIpc) is 2.40. The zero-order chi connectivity index (χ0) is 15.1. The predicted molar refractivity (Wildman–Crippen MR) is 84.2 cm³/mol. The molecule has 1 N–H and O–H groups in total. The van der Waals surface area contributed by atoms with Gasteiger partial charge >= 0.3 is 0 Å². The van der Waals surface area contributed by atoms with Gasteiger partial charge in [0.15, 0.2) is 0 Å². The average molecular weight is 277 g/mol. The molecule has 1 amide bonds. The molecule has 0 aromatic carbocycles. The third-order valence-electron chi connectivity index (χ3n) is 3.11. The van der Waals surface area contributed by atoms with Crippen molar-refractivity contribution >= 4 is 11.7 Å². The van der Waals surface area contributed by atoms with Crippen LogP contribution in [0.3, 0.4) is 0 Å². The van der Waals surface area contributed by atoms with Gasteiger partial charge in [-0.1, -0.05) is 13.8 Å². The number of aryl methyl sites for hydroxylation is 1. The zero-order valence-corrected chi connectivity index (χ0v) is 13.4. The Balaban J connectivity index is 2.98. The van der Waals surface area contributed by atoms with Crippen LogP contribution >= 0.6 is 0 Å². The number of anilines is 1. The molecule has 4 nitrogen and oxygen atoms in total. The lowest BCUT2D eigenvalue weighted by molar-refractivity contribution is 0.0706. The molecular formula is C16H27N3O. The number of rotatable bonds is 7. The molecule has 1 rings (SSSR count). The molecular weight excluding hydrogens is 250 g/mol. The summed E-state index contributed by atoms with van der Waals surface area (Å²) in [4.78, 5) is 19.0. The smallest absolute Gasteiger partial charge is 0.254 e. The lowest BCUT2D eigenvalue weighted by Crippen LogP contribution is -2.37. The lowest BCUT2D eigenvalue weighted by Gasteiger charge is -2.26. The molecule has 1 aromatic heterocycles. The van der Waals surface area contributed by atoms with Crippen molar-refractivity contribution in [1.82, 2.24) is 9.88 Å². The summed E-state index contributed by atoms with van der Waals surface area (Å²) in [7, 11) is 0. The molecule has 0 unspecified atom stereocenters. The Morgan fingerprint density at radius 3 is 2.55 bits per heavy atom. The van der Waals surface area contributed by atoms with E-state index in [-0.39, 0.29) is 11.9 Å². The molecule has 1 aromatic rings. The van der Waals surface area contributed by atoms with Gasteiger partial charge < -0.3 is 10.2 Å². The van der Waals surface area contributed by atoms with Crippen molar-refractivity contribution in [1.29, 1.82) is 0 Å². The van der Waals surface area contributed by atoms with Crippen LogP contribution in [0.2, 0.25) is 0 Å². The number of carbonyl (C=O) groups excluding carboxylic acids is 1. The molecule has 0 saturated carbocycles. The second-order valence-electron chi connectivity index (χ2n) is 5.40. The zero-order valence-electron chi connectivity index (χ0n) is 13.4. The molecule has 4 heteroatoms. The molecule has 0 aliphatic heterocycles. The first kappa shape index (κ1) is 16.5. The molecule has 0 atom stereocenters. The Hall–Kier alpha value is -1.58. The maximum Gasteiger partial charge on any atom is 0.254 e. The van der Waals surface area contributed by atoms with Crippen LogP contribution in [-0.4, -0.2) is 34.9 Å². The fourth-order valence-corrected chi connectivity index (χ4v) is 2.14. The van der Waals surface area contributed by atoms with Gasteiger partial charge in [-0.15, -0.1) is 0 Å². The normalized spacial score (nSPS) is 10.7. The Morgan fingerprint density at radius 2 is 2.00 bits per heavy atom. The minimum atomic E-state index is 0.0897. The third kappa shape index (κ3) is 4.51. The van der Waals surface area contributed by atoms with Gasteiger partial charge in [-0.2, -0.15) is 0 Å². The summed E-state index contributed by atoms with van der Waals surface area (Å²) in [6.45, 7) is 11.9. The minimum Gasteiger partial charge on any atom is -0.370 e. The van der Waals surface area contributed by atoms with Crippen molar-refractivity contribution in [2.24, 2.45) is 0 Å². The summed E-state index contributed by atoms with van der Waals surface area (Å²) < 4.78 is 0. The third-order valence-corrected chi connectivity index (χ3v) is 3.11. The maximum absolute atomic E-state index is 12.6. The van der Waals surface area contributed by atoms with Crippen LogP contribution in [-0.2, 0) is 0 Å².